The van der Waals surface area contributed by atoms with Crippen LogP contribution in [-0.4, -0.2) is 6.54 Å². The normalized spacial score (nSPS) is 43.5. The summed E-state index contributed by atoms with van der Waals surface area (Å²) in [6.07, 6.45) is 9.05. The molecule has 5 aliphatic rings. The molecule has 19 heavy (non-hydrogen) atoms. The molecule has 0 spiro atoms. The zero-order valence-electron chi connectivity index (χ0n) is 11.5. The first kappa shape index (κ1) is 11.3. The molecule has 1 nitrogen and oxygen atoms in total. The zero-order valence-corrected chi connectivity index (χ0v) is 12.3. The average Bonchev–Trinajstić information content (AvgIpc) is 2.80. The fourth-order valence-corrected chi connectivity index (χ4v) is 7.30. The van der Waals surface area contributed by atoms with Crippen molar-refractivity contribution in [3.05, 3.63) is 21.4 Å². The van der Waals surface area contributed by atoms with Crippen LogP contribution in [0.2, 0.25) is 0 Å². The van der Waals surface area contributed by atoms with Gasteiger partial charge in [0.25, 0.3) is 0 Å². The van der Waals surface area contributed by atoms with Crippen molar-refractivity contribution in [3.63, 3.8) is 0 Å². The van der Waals surface area contributed by atoms with E-state index in [1.54, 1.807) is 47.4 Å². The van der Waals surface area contributed by atoms with E-state index in [-0.39, 0.29) is 0 Å². The Labute approximate surface area is 119 Å². The molecule has 6 rings (SSSR count). The maximum absolute atomic E-state index is 3.53. The Kier molecular flexibility index (Phi) is 2.43. The number of fused-ring (bicyclic) bond motifs is 1. The number of hydrogen-bond donors (Lipinski definition) is 1. The van der Waals surface area contributed by atoms with E-state index in [4.69, 9.17) is 0 Å². The lowest BCUT2D eigenvalue weighted by Gasteiger charge is -2.54. The van der Waals surface area contributed by atoms with Gasteiger partial charge in [-0.05, 0) is 86.3 Å². The molecule has 2 heterocycles. The van der Waals surface area contributed by atoms with Gasteiger partial charge in [-0.3, -0.25) is 0 Å². The molecule has 4 bridgehead atoms. The van der Waals surface area contributed by atoms with Crippen molar-refractivity contribution in [2.24, 2.45) is 23.7 Å². The first-order chi connectivity index (χ1) is 9.37. The minimum absolute atomic E-state index is 0.948. The van der Waals surface area contributed by atoms with Gasteiger partial charge in [-0.15, -0.1) is 11.3 Å². The van der Waals surface area contributed by atoms with Crippen molar-refractivity contribution < 1.29 is 0 Å². The van der Waals surface area contributed by atoms with Gasteiger partial charge in [0.05, 0.1) is 0 Å². The lowest BCUT2D eigenvalue weighted by molar-refractivity contribution is -0.00161. The summed E-state index contributed by atoms with van der Waals surface area (Å²) in [6, 6.07) is 2.60. The van der Waals surface area contributed by atoms with Gasteiger partial charge < -0.3 is 5.32 Å². The third-order valence-corrected chi connectivity index (χ3v) is 7.61. The summed E-state index contributed by atoms with van der Waals surface area (Å²) in [5, 5.41) is 3.53. The van der Waals surface area contributed by atoms with E-state index >= 15 is 0 Å². The smallest absolute Gasteiger partial charge is 0.0302 e. The fourth-order valence-electron chi connectivity index (χ4n) is 5.83. The molecule has 4 aliphatic carbocycles. The first-order valence-electron chi connectivity index (χ1n) is 8.19. The summed E-state index contributed by atoms with van der Waals surface area (Å²) in [7, 11) is 0. The Bertz CT molecular complexity index is 452. The quantitative estimate of drug-likeness (QED) is 0.817. The summed E-state index contributed by atoms with van der Waals surface area (Å²) >= 11 is 2.15. The average molecular weight is 273 g/mol. The fraction of sp³-hybridized carbons (Fsp3) is 0.765. The molecule has 0 amide bonds. The lowest BCUT2D eigenvalue weighted by Crippen LogP contribution is -2.43. The minimum Gasteiger partial charge on any atom is -0.312 e. The van der Waals surface area contributed by atoms with Gasteiger partial charge in [-0.2, -0.15) is 0 Å². The molecule has 1 aromatic heterocycles. The zero-order chi connectivity index (χ0) is 12.4. The molecule has 1 aliphatic heterocycles. The van der Waals surface area contributed by atoms with Crippen LogP contribution in [0, 0.1) is 23.7 Å². The standard InChI is InChI=1S/C17H23NS/c1-2-18-9-16-12(1)8-15(19-16)17-13-4-10-3-11(6-13)7-14(17)5-10/h8,10-11,13-14,17-18H,1-7,9H2. The molecular weight excluding hydrogens is 250 g/mol. The predicted octanol–water partition coefficient (Wildman–Crippen LogP) is 3.93. The summed E-state index contributed by atoms with van der Waals surface area (Å²) < 4.78 is 0. The SMILES string of the molecule is c1c(C2C3CC4CC(C3)CC2C4)sc2c1CCNC2. The summed E-state index contributed by atoms with van der Waals surface area (Å²) in [4.78, 5) is 3.41. The van der Waals surface area contributed by atoms with Crippen LogP contribution in [0.5, 0.6) is 0 Å². The van der Waals surface area contributed by atoms with Gasteiger partial charge >= 0.3 is 0 Å². The van der Waals surface area contributed by atoms with Gasteiger partial charge in [0.2, 0.25) is 0 Å². The monoisotopic (exact) mass is 273 g/mol. The third-order valence-electron chi connectivity index (χ3n) is 6.33. The third kappa shape index (κ3) is 1.69. The largest absolute Gasteiger partial charge is 0.312 e. The molecule has 4 saturated carbocycles. The second kappa shape index (κ2) is 4.08. The highest BCUT2D eigenvalue weighted by Crippen LogP contribution is 2.60. The molecule has 2 heteroatoms. The molecule has 0 aromatic carbocycles. The van der Waals surface area contributed by atoms with E-state index in [0.29, 0.717) is 0 Å². The predicted molar refractivity (Wildman–Crippen MR) is 79.5 cm³/mol. The van der Waals surface area contributed by atoms with Crippen LogP contribution >= 0.6 is 11.3 Å². The van der Waals surface area contributed by atoms with E-state index in [0.717, 1.165) is 36.1 Å². The molecule has 1 N–H and O–H groups in total. The highest BCUT2D eigenvalue weighted by molar-refractivity contribution is 7.12. The van der Waals surface area contributed by atoms with Crippen LogP contribution in [0.25, 0.3) is 0 Å². The van der Waals surface area contributed by atoms with Crippen molar-refractivity contribution in [3.8, 4) is 0 Å². The first-order valence-corrected chi connectivity index (χ1v) is 9.00. The highest BCUT2D eigenvalue weighted by atomic mass is 32.1. The molecule has 0 radical (unpaired) electrons. The second-order valence-electron chi connectivity index (χ2n) is 7.48. The van der Waals surface area contributed by atoms with Gasteiger partial charge in [0.1, 0.15) is 0 Å². The van der Waals surface area contributed by atoms with Crippen LogP contribution in [0.15, 0.2) is 6.07 Å². The molecule has 0 saturated heterocycles. The Morgan fingerprint density at radius 2 is 1.74 bits per heavy atom. The topological polar surface area (TPSA) is 12.0 Å². The Morgan fingerprint density at radius 3 is 2.42 bits per heavy atom. The number of rotatable bonds is 1. The summed E-state index contributed by atoms with van der Waals surface area (Å²) in [5.41, 5.74) is 1.67. The van der Waals surface area contributed by atoms with E-state index in [2.05, 4.69) is 22.7 Å². The van der Waals surface area contributed by atoms with Gasteiger partial charge in [-0.1, -0.05) is 0 Å². The summed E-state index contributed by atoms with van der Waals surface area (Å²) in [5.74, 6) is 5.25. The van der Waals surface area contributed by atoms with E-state index < -0.39 is 0 Å². The maximum Gasteiger partial charge on any atom is 0.0302 e. The number of hydrogen-bond acceptors (Lipinski definition) is 2. The van der Waals surface area contributed by atoms with Crippen LogP contribution in [0.1, 0.15) is 53.3 Å². The van der Waals surface area contributed by atoms with Crippen molar-refractivity contribution in [2.75, 3.05) is 6.54 Å². The lowest BCUT2D eigenvalue weighted by atomic mass is 9.51. The van der Waals surface area contributed by atoms with Crippen molar-refractivity contribution in [1.29, 1.82) is 0 Å². The van der Waals surface area contributed by atoms with Gasteiger partial charge in [0, 0.05) is 16.3 Å². The molecule has 1 aromatic rings. The molecular formula is C17H23NS. The number of nitrogens with one attached hydrogen (secondary N) is 1. The Hall–Kier alpha value is -0.340. The van der Waals surface area contributed by atoms with Crippen LogP contribution < -0.4 is 5.32 Å². The van der Waals surface area contributed by atoms with Gasteiger partial charge in [0.15, 0.2) is 0 Å². The Morgan fingerprint density at radius 1 is 1.00 bits per heavy atom. The molecule has 102 valence electrons. The van der Waals surface area contributed by atoms with Crippen molar-refractivity contribution in [2.45, 2.75) is 51.0 Å². The molecule has 0 atom stereocenters. The highest BCUT2D eigenvalue weighted by Gasteiger charge is 2.49. The van der Waals surface area contributed by atoms with Crippen LogP contribution in [-0.2, 0) is 13.0 Å². The second-order valence-corrected chi connectivity index (χ2v) is 8.65. The molecule has 0 unspecified atom stereocenters. The van der Waals surface area contributed by atoms with Crippen LogP contribution in [0.3, 0.4) is 0 Å². The van der Waals surface area contributed by atoms with E-state index in [9.17, 15) is 0 Å². The van der Waals surface area contributed by atoms with Crippen molar-refractivity contribution >= 4 is 11.3 Å². The Balaban J connectivity index is 1.50. The van der Waals surface area contributed by atoms with Crippen LogP contribution in [0.4, 0.5) is 0 Å². The van der Waals surface area contributed by atoms with Crippen molar-refractivity contribution in [1.82, 2.24) is 5.32 Å². The minimum atomic E-state index is 0.948. The van der Waals surface area contributed by atoms with E-state index in [1.807, 2.05) is 0 Å². The summed E-state index contributed by atoms with van der Waals surface area (Å²) in [6.45, 7) is 2.32. The van der Waals surface area contributed by atoms with Gasteiger partial charge in [-0.25, -0.2) is 0 Å². The maximum atomic E-state index is 3.53. The number of thiophene rings is 1. The molecule has 4 fully saturated rings. The van der Waals surface area contributed by atoms with E-state index in [1.165, 1.54) is 13.0 Å².